The predicted molar refractivity (Wildman–Crippen MR) is 82.6 cm³/mol. The van der Waals surface area contributed by atoms with Gasteiger partial charge in [-0.15, -0.1) is 0 Å². The molecule has 0 aliphatic carbocycles. The van der Waals surface area contributed by atoms with Gasteiger partial charge >= 0.3 is 0 Å². The molecule has 20 heavy (non-hydrogen) atoms. The highest BCUT2D eigenvalue weighted by atomic mass is 19.1. The first-order valence-electron chi connectivity index (χ1n) is 7.50. The second-order valence-corrected chi connectivity index (χ2v) is 6.22. The average molecular weight is 281 g/mol. The van der Waals surface area contributed by atoms with E-state index in [1.54, 1.807) is 12.1 Å². The van der Waals surface area contributed by atoms with E-state index in [1.807, 2.05) is 13.0 Å². The maximum atomic E-state index is 13.4. The zero-order valence-corrected chi connectivity index (χ0v) is 13.2. The van der Waals surface area contributed by atoms with Crippen molar-refractivity contribution in [1.29, 1.82) is 0 Å². The van der Waals surface area contributed by atoms with Gasteiger partial charge in [-0.25, -0.2) is 4.39 Å². The first-order chi connectivity index (χ1) is 9.42. The second kappa shape index (κ2) is 8.38. The molecule has 0 saturated carbocycles. The lowest BCUT2D eigenvalue weighted by atomic mass is 9.93. The molecule has 1 N–H and O–H groups in total. The summed E-state index contributed by atoms with van der Waals surface area (Å²) in [5.41, 5.74) is 1.14. The van der Waals surface area contributed by atoms with Gasteiger partial charge in [0.05, 0.1) is 0 Å². The lowest BCUT2D eigenvalue weighted by Gasteiger charge is -2.25. The van der Waals surface area contributed by atoms with Crippen LogP contribution in [-0.4, -0.2) is 25.3 Å². The Morgan fingerprint density at radius 2 is 2.05 bits per heavy atom. The molecular weight excluding hydrogens is 253 g/mol. The van der Waals surface area contributed by atoms with Crippen molar-refractivity contribution in [3.05, 3.63) is 35.6 Å². The molecule has 0 aliphatic rings. The maximum absolute atomic E-state index is 13.4. The molecule has 0 saturated heterocycles. The highest BCUT2D eigenvalue weighted by molar-refractivity contribution is 5.21. The second-order valence-electron chi connectivity index (χ2n) is 6.22. The third-order valence-corrected chi connectivity index (χ3v) is 3.24. The van der Waals surface area contributed by atoms with Crippen LogP contribution in [0.1, 0.15) is 52.0 Å². The Balaban J connectivity index is 2.63. The third-order valence-electron chi connectivity index (χ3n) is 3.24. The summed E-state index contributed by atoms with van der Waals surface area (Å²) >= 11 is 0. The van der Waals surface area contributed by atoms with Gasteiger partial charge in [-0.2, -0.15) is 0 Å². The minimum atomic E-state index is -0.159. The van der Waals surface area contributed by atoms with Crippen molar-refractivity contribution >= 4 is 0 Å². The fraction of sp³-hybridized carbons (Fsp3) is 0.647. The number of ether oxygens (including phenoxy) is 1. The molecule has 1 atom stereocenters. The Hall–Kier alpha value is -0.930. The Morgan fingerprint density at radius 1 is 1.30 bits per heavy atom. The Morgan fingerprint density at radius 3 is 2.65 bits per heavy atom. The molecule has 1 aromatic rings. The van der Waals surface area contributed by atoms with E-state index in [-0.39, 0.29) is 11.4 Å². The van der Waals surface area contributed by atoms with E-state index >= 15 is 0 Å². The summed E-state index contributed by atoms with van der Waals surface area (Å²) in [6, 6.07) is 6.95. The first kappa shape index (κ1) is 17.1. The number of hydrogen-bond acceptors (Lipinski definition) is 2. The molecule has 0 aromatic heterocycles. The van der Waals surface area contributed by atoms with Gasteiger partial charge in [0.25, 0.3) is 0 Å². The lowest BCUT2D eigenvalue weighted by Crippen LogP contribution is -2.38. The molecule has 1 aromatic carbocycles. The highest BCUT2D eigenvalue weighted by Crippen LogP contribution is 2.22. The molecule has 1 unspecified atom stereocenters. The molecule has 1 rings (SSSR count). The van der Waals surface area contributed by atoms with Crippen LogP contribution in [0, 0.1) is 5.82 Å². The highest BCUT2D eigenvalue weighted by Gasteiger charge is 2.16. The first-order valence-corrected chi connectivity index (χ1v) is 7.50. The topological polar surface area (TPSA) is 21.3 Å². The van der Waals surface area contributed by atoms with E-state index in [9.17, 15) is 4.39 Å². The van der Waals surface area contributed by atoms with Crippen LogP contribution in [0.25, 0.3) is 0 Å². The molecular formula is C17H28FNO. The number of nitrogens with one attached hydrogen (secondary N) is 1. The van der Waals surface area contributed by atoms with Crippen molar-refractivity contribution in [3.8, 4) is 0 Å². The SMILES string of the molecule is CCOCCCC(CNC(C)(C)C)c1cccc(F)c1. The van der Waals surface area contributed by atoms with Gasteiger partial charge in [0.1, 0.15) is 5.82 Å². The van der Waals surface area contributed by atoms with Crippen LogP contribution < -0.4 is 5.32 Å². The molecule has 0 fully saturated rings. The molecule has 0 spiro atoms. The molecule has 3 heteroatoms. The summed E-state index contributed by atoms with van der Waals surface area (Å²) in [7, 11) is 0. The minimum Gasteiger partial charge on any atom is -0.382 e. The van der Waals surface area contributed by atoms with E-state index in [2.05, 4.69) is 26.1 Å². The van der Waals surface area contributed by atoms with Crippen LogP contribution in [0.5, 0.6) is 0 Å². The summed E-state index contributed by atoms with van der Waals surface area (Å²) in [5.74, 6) is 0.165. The minimum absolute atomic E-state index is 0.0749. The Kier molecular flexibility index (Phi) is 7.17. The van der Waals surface area contributed by atoms with Gasteiger partial charge in [0.15, 0.2) is 0 Å². The van der Waals surface area contributed by atoms with Crippen LogP contribution in [-0.2, 0) is 4.74 Å². The van der Waals surface area contributed by atoms with Crippen molar-refractivity contribution in [2.75, 3.05) is 19.8 Å². The monoisotopic (exact) mass is 281 g/mol. The average Bonchev–Trinajstić information content (AvgIpc) is 2.36. The van der Waals surface area contributed by atoms with E-state index in [1.165, 1.54) is 6.07 Å². The molecule has 0 heterocycles. The quantitative estimate of drug-likeness (QED) is 0.724. The van der Waals surface area contributed by atoms with Crippen molar-refractivity contribution in [3.63, 3.8) is 0 Å². The van der Waals surface area contributed by atoms with Crippen LogP contribution in [0.4, 0.5) is 4.39 Å². The summed E-state index contributed by atoms with van der Waals surface area (Å²) in [6.07, 6.45) is 2.01. The molecule has 0 radical (unpaired) electrons. The van der Waals surface area contributed by atoms with Gasteiger partial charge in [-0.3, -0.25) is 0 Å². The molecule has 0 aliphatic heterocycles. The third kappa shape index (κ3) is 7.01. The zero-order chi connectivity index (χ0) is 15.0. The van der Waals surface area contributed by atoms with Crippen molar-refractivity contribution < 1.29 is 9.13 Å². The smallest absolute Gasteiger partial charge is 0.123 e. The van der Waals surface area contributed by atoms with E-state index in [4.69, 9.17) is 4.74 Å². The molecule has 114 valence electrons. The fourth-order valence-electron chi connectivity index (χ4n) is 2.15. The largest absolute Gasteiger partial charge is 0.382 e. The molecule has 2 nitrogen and oxygen atoms in total. The van der Waals surface area contributed by atoms with E-state index < -0.39 is 0 Å². The lowest BCUT2D eigenvalue weighted by molar-refractivity contribution is 0.141. The number of benzene rings is 1. The molecule has 0 bridgehead atoms. The normalized spacial score (nSPS) is 13.4. The summed E-state index contributed by atoms with van der Waals surface area (Å²) in [6.45, 7) is 10.8. The van der Waals surface area contributed by atoms with Crippen molar-refractivity contribution in [2.24, 2.45) is 0 Å². The van der Waals surface area contributed by atoms with E-state index in [0.29, 0.717) is 5.92 Å². The van der Waals surface area contributed by atoms with Crippen LogP contribution in [0.15, 0.2) is 24.3 Å². The summed E-state index contributed by atoms with van der Waals surface area (Å²) in [4.78, 5) is 0. The predicted octanol–water partition coefficient (Wildman–Crippen LogP) is 4.11. The summed E-state index contributed by atoms with van der Waals surface area (Å²) in [5, 5.41) is 3.52. The van der Waals surface area contributed by atoms with Crippen LogP contribution in [0.2, 0.25) is 0 Å². The van der Waals surface area contributed by atoms with Crippen molar-refractivity contribution in [1.82, 2.24) is 5.32 Å². The van der Waals surface area contributed by atoms with Gasteiger partial charge in [0.2, 0.25) is 0 Å². The fourth-order valence-corrected chi connectivity index (χ4v) is 2.15. The number of hydrogen-bond donors (Lipinski definition) is 1. The Bertz CT molecular complexity index is 387. The van der Waals surface area contributed by atoms with Crippen LogP contribution >= 0.6 is 0 Å². The van der Waals surface area contributed by atoms with Crippen LogP contribution in [0.3, 0.4) is 0 Å². The molecule has 0 amide bonds. The maximum Gasteiger partial charge on any atom is 0.123 e. The van der Waals surface area contributed by atoms with Gasteiger partial charge < -0.3 is 10.1 Å². The van der Waals surface area contributed by atoms with Gasteiger partial charge in [-0.1, -0.05) is 12.1 Å². The number of halogens is 1. The summed E-state index contributed by atoms with van der Waals surface area (Å²) < 4.78 is 18.8. The van der Waals surface area contributed by atoms with Gasteiger partial charge in [-0.05, 0) is 64.2 Å². The van der Waals surface area contributed by atoms with Crippen molar-refractivity contribution in [2.45, 2.75) is 52.0 Å². The zero-order valence-electron chi connectivity index (χ0n) is 13.2. The standard InChI is InChI=1S/C17H28FNO/c1-5-20-11-7-9-15(13-19-17(2,3)4)14-8-6-10-16(18)12-14/h6,8,10,12,15,19H,5,7,9,11,13H2,1-4H3. The number of rotatable bonds is 8. The van der Waals surface area contributed by atoms with E-state index in [0.717, 1.165) is 38.2 Å². The Labute approximate surface area is 122 Å². The van der Waals surface area contributed by atoms with Gasteiger partial charge in [0, 0.05) is 25.3 Å².